The molecule has 1 nitrogen and oxygen atoms in total. The molecule has 0 amide bonds. The zero-order valence-electron chi connectivity index (χ0n) is 7.13. The Labute approximate surface area is 83.4 Å². The second kappa shape index (κ2) is 9.86. The van der Waals surface area contributed by atoms with Crippen LogP contribution in [0.25, 0.3) is 0 Å². The van der Waals surface area contributed by atoms with E-state index in [9.17, 15) is 4.79 Å². The molecule has 60 valence electrons. The molecule has 0 atom stereocenters. The van der Waals surface area contributed by atoms with E-state index in [-0.39, 0.29) is 27.5 Å². The maximum absolute atomic E-state index is 10.4. The number of ketones is 1. The van der Waals surface area contributed by atoms with Crippen molar-refractivity contribution < 1.29 is 26.5 Å². The summed E-state index contributed by atoms with van der Waals surface area (Å²) in [5.41, 5.74) is 0. The Bertz CT molecular complexity index is 148. The van der Waals surface area contributed by atoms with Crippen molar-refractivity contribution in [2.24, 2.45) is 0 Å². The van der Waals surface area contributed by atoms with Crippen molar-refractivity contribution in [3.8, 4) is 0 Å². The third kappa shape index (κ3) is 12.9. The first kappa shape index (κ1) is 13.5. The van der Waals surface area contributed by atoms with Crippen LogP contribution in [0.4, 0.5) is 0 Å². The maximum Gasteiger partial charge on any atom is 0.130 e. The molecule has 0 aliphatic carbocycles. The molecule has 0 aromatic rings. The van der Waals surface area contributed by atoms with E-state index in [1.807, 2.05) is 31.2 Å². The van der Waals surface area contributed by atoms with Crippen LogP contribution in [-0.2, 0) is 26.5 Å². The predicted molar refractivity (Wildman–Crippen MR) is 43.9 cm³/mol. The molecule has 0 heterocycles. The Hall–Kier alpha value is -0.136. The van der Waals surface area contributed by atoms with Gasteiger partial charge in [0, 0.05) is 28.1 Å². The summed E-state index contributed by atoms with van der Waals surface area (Å²) in [5, 5.41) is 0. The fourth-order valence-corrected chi connectivity index (χ4v) is 0.573. The molecule has 0 saturated carbocycles. The molecule has 0 aromatic carbocycles. The Morgan fingerprint density at radius 1 is 1.36 bits per heavy atom. The molecular weight excluding hydrogens is 172 g/mol. The van der Waals surface area contributed by atoms with Gasteiger partial charge in [-0.15, -0.1) is 0 Å². The number of carbonyl (C=O) groups excluding carboxylic acids is 1. The summed E-state index contributed by atoms with van der Waals surface area (Å²) in [4.78, 5) is 10.4. The van der Waals surface area contributed by atoms with E-state index in [2.05, 4.69) is 0 Å². The fourth-order valence-electron chi connectivity index (χ4n) is 0.573. The standard InChI is InChI=1S/C9H14O.Ti/c1-3-4-5-6-7-8-9(2)10;/h3-6H,7-8H2,1-2H3;. The summed E-state index contributed by atoms with van der Waals surface area (Å²) in [6.07, 6.45) is 9.41. The molecule has 0 saturated heterocycles. The molecule has 0 bridgehead atoms. The number of Topliss-reactive ketones (excluding diaryl/α,β-unsaturated/α-hetero) is 1. The van der Waals surface area contributed by atoms with Crippen molar-refractivity contribution in [2.75, 3.05) is 0 Å². The summed E-state index contributed by atoms with van der Waals surface area (Å²) in [6.45, 7) is 3.58. The molecule has 0 radical (unpaired) electrons. The molecule has 0 unspecified atom stereocenters. The topological polar surface area (TPSA) is 17.1 Å². The van der Waals surface area contributed by atoms with Crippen molar-refractivity contribution in [3.63, 3.8) is 0 Å². The molecule has 0 fully saturated rings. The first-order valence-electron chi connectivity index (χ1n) is 3.54. The van der Waals surface area contributed by atoms with E-state index in [1.165, 1.54) is 0 Å². The third-order valence-electron chi connectivity index (χ3n) is 1.10. The van der Waals surface area contributed by atoms with Gasteiger partial charge in [-0.1, -0.05) is 24.3 Å². The molecule has 0 N–H and O–H groups in total. The smallest absolute Gasteiger partial charge is 0.130 e. The van der Waals surface area contributed by atoms with Crippen molar-refractivity contribution in [1.82, 2.24) is 0 Å². The second-order valence-electron chi connectivity index (χ2n) is 2.19. The van der Waals surface area contributed by atoms with E-state index in [1.54, 1.807) is 6.92 Å². The van der Waals surface area contributed by atoms with Crippen LogP contribution in [0.2, 0.25) is 0 Å². The summed E-state index contributed by atoms with van der Waals surface area (Å²) >= 11 is 0. The van der Waals surface area contributed by atoms with Gasteiger partial charge >= 0.3 is 0 Å². The Balaban J connectivity index is 0. The van der Waals surface area contributed by atoms with Gasteiger partial charge in [0.25, 0.3) is 0 Å². The van der Waals surface area contributed by atoms with Gasteiger partial charge in [0.15, 0.2) is 0 Å². The van der Waals surface area contributed by atoms with Crippen LogP contribution in [-0.4, -0.2) is 5.78 Å². The SMILES string of the molecule is CC=CC=CCCC(C)=O.[Ti]. The van der Waals surface area contributed by atoms with E-state index < -0.39 is 0 Å². The first-order chi connectivity index (χ1) is 4.77. The molecule has 0 aliphatic rings. The van der Waals surface area contributed by atoms with Gasteiger partial charge in [-0.05, 0) is 20.3 Å². The van der Waals surface area contributed by atoms with E-state index in [4.69, 9.17) is 0 Å². The van der Waals surface area contributed by atoms with Crippen molar-refractivity contribution in [1.29, 1.82) is 0 Å². The van der Waals surface area contributed by atoms with Crippen LogP contribution >= 0.6 is 0 Å². The normalized spacial score (nSPS) is 10.4. The Kier molecular flexibility index (Phi) is 12.1. The number of allylic oxidation sites excluding steroid dienone is 4. The van der Waals surface area contributed by atoms with Crippen molar-refractivity contribution in [2.45, 2.75) is 26.7 Å². The Morgan fingerprint density at radius 3 is 2.45 bits per heavy atom. The molecule has 2 heteroatoms. The predicted octanol–water partition coefficient (Wildman–Crippen LogP) is 2.49. The average Bonchev–Trinajstić information content (AvgIpc) is 1.87. The van der Waals surface area contributed by atoms with Crippen molar-refractivity contribution in [3.05, 3.63) is 24.3 Å². The van der Waals surface area contributed by atoms with Gasteiger partial charge in [0.05, 0.1) is 0 Å². The molecule has 0 rings (SSSR count). The van der Waals surface area contributed by atoms with Crippen LogP contribution in [0, 0.1) is 0 Å². The van der Waals surface area contributed by atoms with Crippen LogP contribution in [0.3, 0.4) is 0 Å². The quantitative estimate of drug-likeness (QED) is 0.486. The second-order valence-corrected chi connectivity index (χ2v) is 2.19. The summed E-state index contributed by atoms with van der Waals surface area (Å²) in [6, 6.07) is 0. The minimum Gasteiger partial charge on any atom is -0.300 e. The summed E-state index contributed by atoms with van der Waals surface area (Å²) < 4.78 is 0. The maximum atomic E-state index is 10.4. The number of hydrogen-bond donors (Lipinski definition) is 0. The minimum absolute atomic E-state index is 0. The largest absolute Gasteiger partial charge is 0.300 e. The average molecular weight is 186 g/mol. The number of hydrogen-bond acceptors (Lipinski definition) is 1. The third-order valence-corrected chi connectivity index (χ3v) is 1.10. The van der Waals surface area contributed by atoms with Gasteiger partial charge < -0.3 is 4.79 Å². The van der Waals surface area contributed by atoms with Crippen LogP contribution < -0.4 is 0 Å². The number of rotatable bonds is 4. The molecule has 0 spiro atoms. The van der Waals surface area contributed by atoms with Crippen LogP contribution in [0.15, 0.2) is 24.3 Å². The zero-order valence-corrected chi connectivity index (χ0v) is 8.69. The van der Waals surface area contributed by atoms with Crippen LogP contribution in [0.5, 0.6) is 0 Å². The van der Waals surface area contributed by atoms with Gasteiger partial charge in [-0.2, -0.15) is 0 Å². The zero-order chi connectivity index (χ0) is 7.82. The fraction of sp³-hybridized carbons (Fsp3) is 0.444. The van der Waals surface area contributed by atoms with Gasteiger partial charge in [0.2, 0.25) is 0 Å². The van der Waals surface area contributed by atoms with E-state index >= 15 is 0 Å². The molecule has 0 aromatic heterocycles. The molecular formula is C9H14OTi. The summed E-state index contributed by atoms with van der Waals surface area (Å²) in [5.74, 6) is 0.255. The van der Waals surface area contributed by atoms with Gasteiger partial charge in [-0.25, -0.2) is 0 Å². The Morgan fingerprint density at radius 2 is 2.00 bits per heavy atom. The van der Waals surface area contributed by atoms with Gasteiger partial charge in [-0.3, -0.25) is 0 Å². The minimum atomic E-state index is 0. The monoisotopic (exact) mass is 186 g/mol. The number of carbonyl (C=O) groups is 1. The van der Waals surface area contributed by atoms with Gasteiger partial charge in [0.1, 0.15) is 5.78 Å². The first-order valence-corrected chi connectivity index (χ1v) is 3.54. The van der Waals surface area contributed by atoms with E-state index in [0.717, 1.165) is 6.42 Å². The van der Waals surface area contributed by atoms with Crippen LogP contribution in [0.1, 0.15) is 26.7 Å². The molecule has 0 aliphatic heterocycles. The van der Waals surface area contributed by atoms with E-state index in [0.29, 0.717) is 6.42 Å². The summed E-state index contributed by atoms with van der Waals surface area (Å²) in [7, 11) is 0. The van der Waals surface area contributed by atoms with Crippen molar-refractivity contribution >= 4 is 5.78 Å². The molecule has 11 heavy (non-hydrogen) atoms.